The van der Waals surface area contributed by atoms with E-state index >= 15 is 0 Å². The molecule has 0 heterocycles. The summed E-state index contributed by atoms with van der Waals surface area (Å²) in [5.41, 5.74) is 0.469. The third-order valence-electron chi connectivity index (χ3n) is 3.80. The number of hydrogen-bond donors (Lipinski definition) is 1. The van der Waals surface area contributed by atoms with Gasteiger partial charge in [-0.2, -0.15) is 0 Å². The Labute approximate surface area is 128 Å². The van der Waals surface area contributed by atoms with Gasteiger partial charge in [0.15, 0.2) is 0 Å². The molecule has 19 heavy (non-hydrogen) atoms. The number of nitrogens with one attached hydrogen (secondary N) is 1. The van der Waals surface area contributed by atoms with E-state index in [-0.39, 0.29) is 9.14 Å². The minimum absolute atomic E-state index is 0.0394. The van der Waals surface area contributed by atoms with Gasteiger partial charge in [-0.1, -0.05) is 68.3 Å². The van der Waals surface area contributed by atoms with Crippen molar-refractivity contribution in [3.63, 3.8) is 0 Å². The number of halogens is 2. The fraction of sp³-hybridized carbons (Fsp3) is 0.267. The minimum Gasteiger partial charge on any atom is -0.325 e. The molecule has 1 aliphatic carbocycles. The van der Waals surface area contributed by atoms with Crippen molar-refractivity contribution in [1.29, 1.82) is 0 Å². The van der Waals surface area contributed by atoms with Crippen LogP contribution in [0, 0.1) is 5.41 Å². The van der Waals surface area contributed by atoms with Crippen LogP contribution in [0.15, 0.2) is 42.5 Å². The zero-order chi connectivity index (χ0) is 13.7. The predicted octanol–water partition coefficient (Wildman–Crippen LogP) is 4.67. The summed E-state index contributed by atoms with van der Waals surface area (Å²) >= 11 is 7.06. The van der Waals surface area contributed by atoms with Crippen LogP contribution in [0.2, 0.25) is 0 Å². The van der Waals surface area contributed by atoms with Crippen LogP contribution in [-0.4, -0.2) is 9.14 Å². The van der Waals surface area contributed by atoms with Crippen molar-refractivity contribution >= 4 is 54.2 Å². The Morgan fingerprint density at radius 2 is 1.79 bits per heavy atom. The highest BCUT2D eigenvalue weighted by Crippen LogP contribution is 2.66. The molecule has 1 N–H and O–H groups in total. The fourth-order valence-electron chi connectivity index (χ4n) is 2.24. The van der Waals surface area contributed by atoms with Crippen molar-refractivity contribution in [3.8, 4) is 0 Å². The van der Waals surface area contributed by atoms with Crippen molar-refractivity contribution in [2.75, 3.05) is 5.32 Å². The Bertz CT molecular complexity index is 663. The second-order valence-corrected chi connectivity index (χ2v) is 8.97. The van der Waals surface area contributed by atoms with E-state index in [0.29, 0.717) is 0 Å². The number of carbonyl (C=O) groups excluding carboxylic acids is 1. The molecule has 2 aromatic rings. The topological polar surface area (TPSA) is 29.1 Å². The Morgan fingerprint density at radius 1 is 1.16 bits per heavy atom. The van der Waals surface area contributed by atoms with E-state index in [1.807, 2.05) is 49.4 Å². The molecule has 0 unspecified atom stereocenters. The summed E-state index contributed by atoms with van der Waals surface area (Å²) in [6.07, 6.45) is 0.788. The zero-order valence-electron chi connectivity index (χ0n) is 10.4. The number of benzene rings is 2. The van der Waals surface area contributed by atoms with Gasteiger partial charge in [0.25, 0.3) is 0 Å². The van der Waals surface area contributed by atoms with Gasteiger partial charge in [0, 0.05) is 11.1 Å². The van der Waals surface area contributed by atoms with E-state index in [2.05, 4.69) is 37.2 Å². The maximum atomic E-state index is 12.4. The van der Waals surface area contributed by atoms with Crippen LogP contribution in [0.5, 0.6) is 0 Å². The van der Waals surface area contributed by atoms with Gasteiger partial charge in [0.05, 0.1) is 8.65 Å². The molecule has 1 aliphatic rings. The lowest BCUT2D eigenvalue weighted by atomic mass is 10.1. The maximum Gasteiger partial charge on any atom is 0.232 e. The number of carbonyl (C=O) groups is 1. The van der Waals surface area contributed by atoms with Crippen LogP contribution in [-0.2, 0) is 4.79 Å². The van der Waals surface area contributed by atoms with Gasteiger partial charge >= 0.3 is 0 Å². The summed E-state index contributed by atoms with van der Waals surface area (Å²) in [6, 6.07) is 14.0. The number of alkyl halides is 2. The van der Waals surface area contributed by atoms with Gasteiger partial charge in [-0.15, -0.1) is 0 Å². The molecule has 1 saturated carbocycles. The van der Waals surface area contributed by atoms with E-state index in [1.165, 1.54) is 0 Å². The van der Waals surface area contributed by atoms with Gasteiger partial charge in [-0.05, 0) is 24.8 Å². The number of anilines is 1. The molecular weight excluding hydrogens is 370 g/mol. The standard InChI is InChI=1S/C15H13Br2NO/c1-14(9-15(14,16)17)13(19)18-12-8-4-6-10-5-2-3-7-11(10)12/h2-8H,9H2,1H3,(H,18,19)/t14-/m0/s1. The first-order chi connectivity index (χ1) is 8.94. The second-order valence-electron chi connectivity index (χ2n) is 5.19. The van der Waals surface area contributed by atoms with Crippen LogP contribution in [0.25, 0.3) is 10.8 Å². The first-order valence-corrected chi connectivity index (χ1v) is 7.70. The van der Waals surface area contributed by atoms with Crippen molar-refractivity contribution in [3.05, 3.63) is 42.5 Å². The highest BCUT2D eigenvalue weighted by Gasteiger charge is 2.66. The van der Waals surface area contributed by atoms with E-state index in [9.17, 15) is 4.79 Å². The molecule has 1 atom stereocenters. The number of amides is 1. The summed E-state index contributed by atoms with van der Waals surface area (Å²) < 4.78 is -0.262. The average Bonchev–Trinajstić information content (AvgIpc) is 2.90. The highest BCUT2D eigenvalue weighted by atomic mass is 79.9. The Kier molecular flexibility index (Phi) is 2.98. The van der Waals surface area contributed by atoms with E-state index in [0.717, 1.165) is 22.9 Å². The first-order valence-electron chi connectivity index (χ1n) is 6.11. The van der Waals surface area contributed by atoms with Crippen molar-refractivity contribution in [2.24, 2.45) is 5.41 Å². The Hall–Kier alpha value is -0.870. The smallest absolute Gasteiger partial charge is 0.232 e. The molecule has 0 aromatic heterocycles. The van der Waals surface area contributed by atoms with Crippen molar-refractivity contribution in [2.45, 2.75) is 16.6 Å². The molecule has 1 fully saturated rings. The molecule has 0 bridgehead atoms. The van der Waals surface area contributed by atoms with Crippen LogP contribution in [0.4, 0.5) is 5.69 Å². The Balaban J connectivity index is 1.93. The van der Waals surface area contributed by atoms with Gasteiger partial charge in [0.1, 0.15) is 0 Å². The minimum atomic E-state index is -0.399. The third-order valence-corrected chi connectivity index (χ3v) is 6.11. The molecule has 0 radical (unpaired) electrons. The van der Waals surface area contributed by atoms with Crippen LogP contribution < -0.4 is 5.32 Å². The van der Waals surface area contributed by atoms with E-state index in [4.69, 9.17) is 0 Å². The summed E-state index contributed by atoms with van der Waals surface area (Å²) in [4.78, 5) is 12.4. The second kappa shape index (κ2) is 4.32. The van der Waals surface area contributed by atoms with Gasteiger partial charge in [0.2, 0.25) is 5.91 Å². The average molecular weight is 383 g/mol. The number of rotatable bonds is 2. The molecule has 0 spiro atoms. The first kappa shape index (κ1) is 13.1. The van der Waals surface area contributed by atoms with E-state index < -0.39 is 5.41 Å². The monoisotopic (exact) mass is 381 g/mol. The quantitative estimate of drug-likeness (QED) is 0.751. The largest absolute Gasteiger partial charge is 0.325 e. The maximum absolute atomic E-state index is 12.4. The van der Waals surface area contributed by atoms with Gasteiger partial charge < -0.3 is 5.32 Å². The lowest BCUT2D eigenvalue weighted by Crippen LogP contribution is -2.25. The van der Waals surface area contributed by atoms with Crippen LogP contribution in [0.3, 0.4) is 0 Å². The van der Waals surface area contributed by atoms with Crippen molar-refractivity contribution in [1.82, 2.24) is 0 Å². The molecule has 0 aliphatic heterocycles. The summed E-state index contributed by atoms with van der Waals surface area (Å²) in [7, 11) is 0. The normalized spacial score (nSPS) is 24.2. The van der Waals surface area contributed by atoms with Gasteiger partial charge in [-0.25, -0.2) is 0 Å². The SMILES string of the molecule is C[C@@]1(C(=O)Nc2cccc3ccccc23)CC1(Br)Br. The van der Waals surface area contributed by atoms with E-state index in [1.54, 1.807) is 0 Å². The van der Waals surface area contributed by atoms with Gasteiger partial charge in [-0.3, -0.25) is 4.79 Å². The van der Waals surface area contributed by atoms with Crippen LogP contribution >= 0.6 is 31.9 Å². The summed E-state index contributed by atoms with van der Waals surface area (Å²) in [5.74, 6) is 0.0394. The summed E-state index contributed by atoms with van der Waals surface area (Å²) in [5, 5.41) is 5.24. The molecular formula is C15H13Br2NO. The third kappa shape index (κ3) is 2.11. The molecule has 0 saturated heterocycles. The number of fused-ring (bicyclic) bond motifs is 1. The molecule has 3 rings (SSSR count). The molecule has 1 amide bonds. The lowest BCUT2D eigenvalue weighted by Gasteiger charge is -2.14. The highest BCUT2D eigenvalue weighted by molar-refractivity contribution is 9.25. The zero-order valence-corrected chi connectivity index (χ0v) is 13.6. The fourth-order valence-corrected chi connectivity index (χ4v) is 3.72. The Morgan fingerprint density at radius 3 is 2.47 bits per heavy atom. The van der Waals surface area contributed by atoms with Crippen LogP contribution in [0.1, 0.15) is 13.3 Å². The lowest BCUT2D eigenvalue weighted by molar-refractivity contribution is -0.120. The molecule has 98 valence electrons. The summed E-state index contributed by atoms with van der Waals surface area (Å²) in [6.45, 7) is 1.96. The molecule has 2 aromatic carbocycles. The molecule has 4 heteroatoms. The molecule has 2 nitrogen and oxygen atoms in total. The predicted molar refractivity (Wildman–Crippen MR) is 85.9 cm³/mol. The number of hydrogen-bond acceptors (Lipinski definition) is 1. The van der Waals surface area contributed by atoms with Crippen molar-refractivity contribution < 1.29 is 4.79 Å².